The van der Waals surface area contributed by atoms with Gasteiger partial charge in [0.2, 0.25) is 0 Å². The maximum atomic E-state index is 13.3. The number of nitrogens with one attached hydrogen (secondary N) is 1. The van der Waals surface area contributed by atoms with Gasteiger partial charge in [0, 0.05) is 12.6 Å². The summed E-state index contributed by atoms with van der Waals surface area (Å²) < 4.78 is 7.62. The molecule has 0 saturated heterocycles. The number of amides is 2. The van der Waals surface area contributed by atoms with E-state index in [1.165, 1.54) is 0 Å². The Morgan fingerprint density at radius 3 is 2.59 bits per heavy atom. The molecule has 0 fully saturated rings. The number of likely N-dealkylation sites (N-methyl/N-ethyl adjacent to an activating group) is 1. The number of aromatic nitrogens is 3. The quantitative estimate of drug-likeness (QED) is 0.541. The molecule has 8 nitrogen and oxygen atoms in total. The number of carbonyl (C=O) groups excluding carboxylic acids is 2. The number of benzene rings is 3. The zero-order valence-corrected chi connectivity index (χ0v) is 17.4. The van der Waals surface area contributed by atoms with E-state index < -0.39 is 6.10 Å². The van der Waals surface area contributed by atoms with Crippen LogP contribution in [0.1, 0.15) is 15.9 Å². The van der Waals surface area contributed by atoms with Gasteiger partial charge >= 0.3 is 0 Å². The first-order chi connectivity index (χ1) is 15.6. The first-order valence-corrected chi connectivity index (χ1v) is 10.3. The van der Waals surface area contributed by atoms with E-state index >= 15 is 0 Å². The van der Waals surface area contributed by atoms with Crippen LogP contribution in [0.15, 0.2) is 72.8 Å². The number of fused-ring (bicyclic) bond motifs is 2. The molecule has 0 aliphatic carbocycles. The standard InChI is InChI=1S/C24H21N5O3/c1-25-23(30)22-15-28(20-8-4-5-9-21(20)32-22)24(31)17-12-10-16(11-13-17)14-29-19-7-3-2-6-18(19)26-27-29/h2-13,22H,14-15H2,1H3,(H,25,30)/t22-/m0/s1. The highest BCUT2D eigenvalue weighted by atomic mass is 16.5. The van der Waals surface area contributed by atoms with Crippen molar-refractivity contribution in [2.45, 2.75) is 12.6 Å². The smallest absolute Gasteiger partial charge is 0.262 e. The van der Waals surface area contributed by atoms with Gasteiger partial charge in [0.1, 0.15) is 11.3 Å². The molecule has 0 unspecified atom stereocenters. The Kier molecular flexibility index (Phi) is 5.03. The lowest BCUT2D eigenvalue weighted by atomic mass is 10.1. The molecular weight excluding hydrogens is 406 g/mol. The highest BCUT2D eigenvalue weighted by molar-refractivity contribution is 6.07. The van der Waals surface area contributed by atoms with Gasteiger partial charge in [-0.15, -0.1) is 5.10 Å². The Labute approximate surface area is 184 Å². The molecule has 2 heterocycles. The highest BCUT2D eigenvalue weighted by Gasteiger charge is 2.33. The van der Waals surface area contributed by atoms with Crippen molar-refractivity contribution in [2.24, 2.45) is 0 Å². The molecule has 0 radical (unpaired) electrons. The van der Waals surface area contributed by atoms with E-state index in [0.717, 1.165) is 16.6 Å². The van der Waals surface area contributed by atoms with Crippen LogP contribution in [0.25, 0.3) is 11.0 Å². The van der Waals surface area contributed by atoms with E-state index in [2.05, 4.69) is 15.6 Å². The molecule has 0 saturated carbocycles. The monoisotopic (exact) mass is 427 g/mol. The van der Waals surface area contributed by atoms with E-state index in [1.54, 1.807) is 30.1 Å². The van der Waals surface area contributed by atoms with Gasteiger partial charge in [-0.25, -0.2) is 4.68 Å². The van der Waals surface area contributed by atoms with E-state index in [0.29, 0.717) is 23.5 Å². The summed E-state index contributed by atoms with van der Waals surface area (Å²) in [7, 11) is 1.55. The van der Waals surface area contributed by atoms with Gasteiger partial charge in [-0.05, 0) is 42.0 Å². The summed E-state index contributed by atoms with van der Waals surface area (Å²) in [4.78, 5) is 27.1. The van der Waals surface area contributed by atoms with Crippen LogP contribution in [-0.4, -0.2) is 46.5 Å². The third kappa shape index (κ3) is 3.56. The molecule has 2 amide bonds. The second kappa shape index (κ2) is 8.14. The second-order valence-electron chi connectivity index (χ2n) is 7.54. The number of hydrogen-bond acceptors (Lipinski definition) is 5. The van der Waals surface area contributed by atoms with E-state index in [-0.39, 0.29) is 18.4 Å². The van der Waals surface area contributed by atoms with Crippen molar-refractivity contribution in [2.75, 3.05) is 18.5 Å². The number of rotatable bonds is 4. The molecule has 1 atom stereocenters. The van der Waals surface area contributed by atoms with Crippen LogP contribution in [0.3, 0.4) is 0 Å². The van der Waals surface area contributed by atoms with Crippen LogP contribution in [0.4, 0.5) is 5.69 Å². The molecule has 3 aromatic carbocycles. The molecule has 1 aliphatic rings. The fraction of sp³-hybridized carbons (Fsp3) is 0.167. The minimum atomic E-state index is -0.765. The molecule has 4 aromatic rings. The predicted molar refractivity (Wildman–Crippen MR) is 120 cm³/mol. The summed E-state index contributed by atoms with van der Waals surface area (Å²) in [5.41, 5.74) is 3.98. The van der Waals surface area contributed by atoms with Gasteiger partial charge in [-0.2, -0.15) is 0 Å². The van der Waals surface area contributed by atoms with Crippen molar-refractivity contribution in [3.05, 3.63) is 83.9 Å². The SMILES string of the molecule is CNC(=O)[C@@H]1CN(C(=O)c2ccc(Cn3nnc4ccccc43)cc2)c2ccccc2O1. The fourth-order valence-corrected chi connectivity index (χ4v) is 3.84. The second-order valence-corrected chi connectivity index (χ2v) is 7.54. The lowest BCUT2D eigenvalue weighted by Crippen LogP contribution is -2.50. The van der Waals surface area contributed by atoms with Crippen molar-refractivity contribution in [1.82, 2.24) is 20.3 Å². The Hall–Kier alpha value is -4.20. The predicted octanol–water partition coefficient (Wildman–Crippen LogP) is 2.63. The summed E-state index contributed by atoms with van der Waals surface area (Å²) in [6.07, 6.45) is -0.765. The molecule has 1 aliphatic heterocycles. The van der Waals surface area contributed by atoms with Gasteiger partial charge < -0.3 is 15.0 Å². The molecule has 0 bridgehead atoms. The normalized spacial score (nSPS) is 15.2. The lowest BCUT2D eigenvalue weighted by Gasteiger charge is -2.34. The van der Waals surface area contributed by atoms with Gasteiger partial charge in [0.15, 0.2) is 6.10 Å². The van der Waals surface area contributed by atoms with E-state index in [9.17, 15) is 9.59 Å². The molecule has 0 spiro atoms. The zero-order valence-electron chi connectivity index (χ0n) is 17.4. The zero-order chi connectivity index (χ0) is 22.1. The Morgan fingerprint density at radius 1 is 1.03 bits per heavy atom. The molecular formula is C24H21N5O3. The van der Waals surface area contributed by atoms with Gasteiger partial charge in [-0.3, -0.25) is 9.59 Å². The van der Waals surface area contributed by atoms with E-state index in [4.69, 9.17) is 4.74 Å². The van der Waals surface area contributed by atoms with Crippen LogP contribution >= 0.6 is 0 Å². The van der Waals surface area contributed by atoms with Crippen LogP contribution in [0, 0.1) is 0 Å². The van der Waals surface area contributed by atoms with Gasteiger partial charge in [0.25, 0.3) is 11.8 Å². The summed E-state index contributed by atoms with van der Waals surface area (Å²) in [5, 5.41) is 11.0. The summed E-state index contributed by atoms with van der Waals surface area (Å²) >= 11 is 0. The van der Waals surface area contributed by atoms with Crippen LogP contribution in [0.2, 0.25) is 0 Å². The molecule has 1 N–H and O–H groups in total. The molecule has 1 aromatic heterocycles. The van der Waals surface area contributed by atoms with Crippen molar-refractivity contribution in [1.29, 1.82) is 0 Å². The maximum Gasteiger partial charge on any atom is 0.262 e. The molecule has 8 heteroatoms. The Balaban J connectivity index is 1.39. The van der Waals surface area contributed by atoms with Crippen molar-refractivity contribution < 1.29 is 14.3 Å². The number of ether oxygens (including phenoxy) is 1. The van der Waals surface area contributed by atoms with Crippen LogP contribution < -0.4 is 15.0 Å². The average Bonchev–Trinajstić information content (AvgIpc) is 3.25. The maximum absolute atomic E-state index is 13.3. The fourth-order valence-electron chi connectivity index (χ4n) is 3.84. The van der Waals surface area contributed by atoms with Crippen LogP contribution in [-0.2, 0) is 11.3 Å². The van der Waals surface area contributed by atoms with Crippen molar-refractivity contribution in [3.63, 3.8) is 0 Å². The van der Waals surface area contributed by atoms with Gasteiger partial charge in [0.05, 0.1) is 24.3 Å². The summed E-state index contributed by atoms with van der Waals surface area (Å²) in [5.74, 6) is 0.0514. The Morgan fingerprint density at radius 2 is 1.78 bits per heavy atom. The molecule has 5 rings (SSSR count). The summed E-state index contributed by atoms with van der Waals surface area (Å²) in [6.45, 7) is 0.691. The van der Waals surface area contributed by atoms with E-state index in [1.807, 2.05) is 59.3 Å². The third-order valence-electron chi connectivity index (χ3n) is 5.51. The van der Waals surface area contributed by atoms with Crippen molar-refractivity contribution in [3.8, 4) is 5.75 Å². The van der Waals surface area contributed by atoms with Crippen LogP contribution in [0.5, 0.6) is 5.75 Å². The minimum absolute atomic E-state index is 0.141. The first-order valence-electron chi connectivity index (χ1n) is 10.3. The highest BCUT2D eigenvalue weighted by Crippen LogP contribution is 2.34. The molecule has 32 heavy (non-hydrogen) atoms. The third-order valence-corrected chi connectivity index (χ3v) is 5.51. The first kappa shape index (κ1) is 19.7. The molecule has 160 valence electrons. The lowest BCUT2D eigenvalue weighted by molar-refractivity contribution is -0.127. The number of anilines is 1. The number of nitrogens with zero attached hydrogens (tertiary/aromatic N) is 4. The summed E-state index contributed by atoms with van der Waals surface area (Å²) in [6, 6.07) is 22.4. The number of para-hydroxylation sites is 3. The van der Waals surface area contributed by atoms with Crippen molar-refractivity contribution >= 4 is 28.5 Å². The Bertz CT molecular complexity index is 1300. The minimum Gasteiger partial charge on any atom is -0.477 e. The largest absolute Gasteiger partial charge is 0.477 e. The topological polar surface area (TPSA) is 89.4 Å². The van der Waals surface area contributed by atoms with Gasteiger partial charge in [-0.1, -0.05) is 41.6 Å². The number of hydrogen-bond donors (Lipinski definition) is 1. The number of carbonyl (C=O) groups is 2. The average molecular weight is 427 g/mol.